The summed E-state index contributed by atoms with van der Waals surface area (Å²) in [5.74, 6) is 0.200. The second-order valence-corrected chi connectivity index (χ2v) is 4.72. The lowest BCUT2D eigenvalue weighted by molar-refractivity contribution is -0.126. The number of nitrogens with zero attached hydrogens (tertiary/aromatic N) is 1. The normalized spacial score (nSPS) is 13.3. The molecule has 1 rings (SSSR count). The molecule has 0 bridgehead atoms. The predicted molar refractivity (Wildman–Crippen MR) is 61.8 cm³/mol. The highest BCUT2D eigenvalue weighted by Gasteiger charge is 2.26. The summed E-state index contributed by atoms with van der Waals surface area (Å²) in [4.78, 5) is 15.9. The van der Waals surface area contributed by atoms with Gasteiger partial charge in [0.2, 0.25) is 0 Å². The predicted octanol–water partition coefficient (Wildman–Crippen LogP) is 2.50. The molecule has 15 heavy (non-hydrogen) atoms. The van der Waals surface area contributed by atoms with E-state index in [1.54, 1.807) is 12.4 Å². The zero-order valence-corrected chi connectivity index (χ0v) is 9.74. The van der Waals surface area contributed by atoms with Crippen LogP contribution in [0.2, 0.25) is 0 Å². The molecule has 0 saturated carbocycles. The minimum absolute atomic E-state index is 0.186. The second kappa shape index (κ2) is 4.43. The lowest BCUT2D eigenvalue weighted by Gasteiger charge is -2.23. The van der Waals surface area contributed by atoms with Gasteiger partial charge in [-0.05, 0) is 19.1 Å². The average Bonchev–Trinajstić information content (AvgIpc) is 2.16. The molecule has 3 nitrogen and oxygen atoms in total. The standard InChI is InChI=1S/C12H18N2O/c1-9(11(15)12(2,3)4)14-10-6-5-7-13-8-10/h5-9,14H,1-4H3/t9-/m0/s1. The number of hydrogen-bond acceptors (Lipinski definition) is 3. The number of carbonyl (C=O) groups is 1. The van der Waals surface area contributed by atoms with Crippen molar-refractivity contribution in [2.45, 2.75) is 33.7 Å². The largest absolute Gasteiger partial charge is 0.374 e. The van der Waals surface area contributed by atoms with E-state index in [2.05, 4.69) is 10.3 Å². The van der Waals surface area contributed by atoms with Crippen molar-refractivity contribution in [2.75, 3.05) is 5.32 Å². The topological polar surface area (TPSA) is 42.0 Å². The van der Waals surface area contributed by atoms with Gasteiger partial charge in [-0.15, -0.1) is 0 Å². The van der Waals surface area contributed by atoms with E-state index in [-0.39, 0.29) is 17.2 Å². The Balaban J connectivity index is 2.65. The fraction of sp³-hybridized carbons (Fsp3) is 0.500. The fourth-order valence-electron chi connectivity index (χ4n) is 1.41. The van der Waals surface area contributed by atoms with Crippen LogP contribution in [0.15, 0.2) is 24.5 Å². The number of aromatic nitrogens is 1. The molecule has 0 radical (unpaired) electrons. The fourth-order valence-corrected chi connectivity index (χ4v) is 1.41. The number of hydrogen-bond donors (Lipinski definition) is 1. The van der Waals surface area contributed by atoms with Crippen molar-refractivity contribution in [2.24, 2.45) is 5.41 Å². The van der Waals surface area contributed by atoms with Gasteiger partial charge in [-0.25, -0.2) is 0 Å². The van der Waals surface area contributed by atoms with Gasteiger partial charge in [0.1, 0.15) is 0 Å². The third-order valence-corrected chi connectivity index (χ3v) is 2.18. The highest BCUT2D eigenvalue weighted by Crippen LogP contribution is 2.18. The Morgan fingerprint density at radius 3 is 2.60 bits per heavy atom. The average molecular weight is 206 g/mol. The van der Waals surface area contributed by atoms with Crippen molar-refractivity contribution in [3.63, 3.8) is 0 Å². The Morgan fingerprint density at radius 1 is 1.47 bits per heavy atom. The highest BCUT2D eigenvalue weighted by molar-refractivity contribution is 5.90. The molecule has 0 spiro atoms. The number of nitrogens with one attached hydrogen (secondary N) is 1. The van der Waals surface area contributed by atoms with Crippen LogP contribution in [0.4, 0.5) is 5.69 Å². The summed E-state index contributed by atoms with van der Waals surface area (Å²) >= 11 is 0. The molecule has 0 saturated heterocycles. The molecule has 3 heteroatoms. The lowest BCUT2D eigenvalue weighted by atomic mass is 9.87. The molecule has 1 atom stereocenters. The van der Waals surface area contributed by atoms with E-state index in [4.69, 9.17) is 0 Å². The summed E-state index contributed by atoms with van der Waals surface area (Å²) in [5, 5.41) is 3.14. The van der Waals surface area contributed by atoms with Crippen LogP contribution >= 0.6 is 0 Å². The monoisotopic (exact) mass is 206 g/mol. The minimum Gasteiger partial charge on any atom is -0.374 e. The minimum atomic E-state index is -0.311. The molecular weight excluding hydrogens is 188 g/mol. The van der Waals surface area contributed by atoms with Crippen LogP contribution in [0.3, 0.4) is 0 Å². The molecule has 0 amide bonds. The van der Waals surface area contributed by atoms with Crippen molar-refractivity contribution in [1.82, 2.24) is 4.98 Å². The van der Waals surface area contributed by atoms with E-state index in [0.717, 1.165) is 5.69 Å². The lowest BCUT2D eigenvalue weighted by Crippen LogP contribution is -2.35. The molecule has 0 aliphatic carbocycles. The van der Waals surface area contributed by atoms with Crippen LogP contribution in [0, 0.1) is 5.41 Å². The highest BCUT2D eigenvalue weighted by atomic mass is 16.1. The van der Waals surface area contributed by atoms with Gasteiger partial charge in [-0.3, -0.25) is 9.78 Å². The van der Waals surface area contributed by atoms with Crippen LogP contribution in [0.5, 0.6) is 0 Å². The van der Waals surface area contributed by atoms with E-state index < -0.39 is 0 Å². The molecule has 82 valence electrons. The van der Waals surface area contributed by atoms with E-state index >= 15 is 0 Å². The molecule has 0 unspecified atom stereocenters. The number of ketones is 1. The Labute approximate surface area is 90.9 Å². The van der Waals surface area contributed by atoms with Crippen molar-refractivity contribution >= 4 is 11.5 Å². The van der Waals surface area contributed by atoms with Crippen LogP contribution < -0.4 is 5.32 Å². The summed E-state index contributed by atoms with van der Waals surface area (Å²) in [7, 11) is 0. The zero-order valence-electron chi connectivity index (χ0n) is 9.74. The molecular formula is C12H18N2O. The van der Waals surface area contributed by atoms with E-state index in [1.165, 1.54) is 0 Å². The number of anilines is 1. The quantitative estimate of drug-likeness (QED) is 0.826. The van der Waals surface area contributed by atoms with E-state index in [0.29, 0.717) is 0 Å². The molecule has 1 heterocycles. The molecule has 0 aromatic carbocycles. The third-order valence-electron chi connectivity index (χ3n) is 2.18. The maximum absolute atomic E-state index is 11.9. The van der Waals surface area contributed by atoms with Crippen LogP contribution in [-0.4, -0.2) is 16.8 Å². The molecule has 1 N–H and O–H groups in total. The maximum Gasteiger partial charge on any atom is 0.160 e. The smallest absolute Gasteiger partial charge is 0.160 e. The number of Topliss-reactive ketones (excluding diaryl/α,β-unsaturated/α-hetero) is 1. The first kappa shape index (κ1) is 11.7. The van der Waals surface area contributed by atoms with Gasteiger partial charge in [0.05, 0.1) is 11.7 Å². The van der Waals surface area contributed by atoms with Gasteiger partial charge in [-0.1, -0.05) is 20.8 Å². The van der Waals surface area contributed by atoms with Crippen molar-refractivity contribution in [3.05, 3.63) is 24.5 Å². The van der Waals surface area contributed by atoms with E-state index in [9.17, 15) is 4.79 Å². The number of pyridine rings is 1. The zero-order chi connectivity index (χ0) is 11.5. The molecule has 1 aromatic rings. The van der Waals surface area contributed by atoms with Gasteiger partial charge in [0.25, 0.3) is 0 Å². The van der Waals surface area contributed by atoms with E-state index in [1.807, 2.05) is 39.8 Å². The number of rotatable bonds is 3. The first-order valence-electron chi connectivity index (χ1n) is 5.12. The molecule has 0 fully saturated rings. The van der Waals surface area contributed by atoms with Gasteiger partial charge < -0.3 is 5.32 Å². The van der Waals surface area contributed by atoms with Crippen LogP contribution in [0.1, 0.15) is 27.7 Å². The first-order valence-corrected chi connectivity index (χ1v) is 5.12. The molecule has 0 aliphatic rings. The third kappa shape index (κ3) is 3.35. The van der Waals surface area contributed by atoms with Crippen LogP contribution in [0.25, 0.3) is 0 Å². The van der Waals surface area contributed by atoms with Gasteiger partial charge in [-0.2, -0.15) is 0 Å². The summed E-state index contributed by atoms with van der Waals surface area (Å²) in [6.45, 7) is 7.66. The van der Waals surface area contributed by atoms with Gasteiger partial charge >= 0.3 is 0 Å². The van der Waals surface area contributed by atoms with Gasteiger partial charge in [0.15, 0.2) is 5.78 Å². The Bertz CT molecular complexity index is 327. The number of carbonyl (C=O) groups excluding carboxylic acids is 1. The Hall–Kier alpha value is -1.38. The summed E-state index contributed by atoms with van der Waals surface area (Å²) < 4.78 is 0. The van der Waals surface area contributed by atoms with Gasteiger partial charge in [0, 0.05) is 17.8 Å². The summed E-state index contributed by atoms with van der Waals surface area (Å²) in [5.41, 5.74) is 0.567. The van der Waals surface area contributed by atoms with Crippen LogP contribution in [-0.2, 0) is 4.79 Å². The first-order chi connectivity index (χ1) is 6.91. The Kier molecular flexibility index (Phi) is 3.45. The van der Waals surface area contributed by atoms with Crippen molar-refractivity contribution in [1.29, 1.82) is 0 Å². The summed E-state index contributed by atoms with van der Waals surface area (Å²) in [6, 6.07) is 3.56. The van der Waals surface area contributed by atoms with Crippen molar-refractivity contribution < 1.29 is 4.79 Å². The second-order valence-electron chi connectivity index (χ2n) is 4.72. The van der Waals surface area contributed by atoms with Crippen molar-refractivity contribution in [3.8, 4) is 0 Å². The molecule has 1 aromatic heterocycles. The SMILES string of the molecule is C[C@H](Nc1cccnc1)C(=O)C(C)(C)C. The Morgan fingerprint density at radius 2 is 2.13 bits per heavy atom. The summed E-state index contributed by atoms with van der Waals surface area (Å²) in [6.07, 6.45) is 3.42. The maximum atomic E-state index is 11.9. The molecule has 0 aliphatic heterocycles.